The van der Waals surface area contributed by atoms with E-state index in [1.54, 1.807) is 19.2 Å². The van der Waals surface area contributed by atoms with Crippen LogP contribution in [0, 0.1) is 0 Å². The van der Waals surface area contributed by atoms with E-state index in [1.165, 1.54) is 0 Å². The molecule has 31 heavy (non-hydrogen) atoms. The highest BCUT2D eigenvalue weighted by Gasteiger charge is 2.35. The first kappa shape index (κ1) is 22.9. The third-order valence-corrected chi connectivity index (χ3v) is 6.46. The zero-order valence-corrected chi connectivity index (χ0v) is 19.5. The van der Waals surface area contributed by atoms with E-state index in [1.807, 2.05) is 51.1 Å². The van der Waals surface area contributed by atoms with Gasteiger partial charge in [0.05, 0.1) is 25.1 Å². The molecule has 0 saturated carbocycles. The second-order valence-corrected chi connectivity index (χ2v) is 10.2. The molecule has 7 nitrogen and oxygen atoms in total. The maximum atomic E-state index is 13.0. The Kier molecular flexibility index (Phi) is 6.50. The molecule has 0 aromatic heterocycles. The summed E-state index contributed by atoms with van der Waals surface area (Å²) < 4.78 is 37.6. The summed E-state index contributed by atoms with van der Waals surface area (Å²) >= 11 is 0. The third kappa shape index (κ3) is 5.31. The van der Waals surface area contributed by atoms with E-state index < -0.39 is 15.6 Å². The lowest BCUT2D eigenvalue weighted by Gasteiger charge is -2.38. The lowest BCUT2D eigenvalue weighted by molar-refractivity contribution is -0.120. The maximum absolute atomic E-state index is 13.0. The average Bonchev–Trinajstić information content (AvgIpc) is 2.70. The normalized spacial score (nSPS) is 17.3. The quantitative estimate of drug-likeness (QED) is 0.704. The first-order valence-electron chi connectivity index (χ1n) is 10.3. The number of aryl methyl sites for hydroxylation is 1. The topological polar surface area (TPSA) is 84.9 Å². The molecule has 0 fully saturated rings. The molecule has 1 N–H and O–H groups in total. The van der Waals surface area contributed by atoms with Crippen molar-refractivity contribution in [1.82, 2.24) is 5.32 Å². The summed E-state index contributed by atoms with van der Waals surface area (Å²) in [6, 6.07) is 12.4. The first-order valence-corrected chi connectivity index (χ1v) is 12.1. The van der Waals surface area contributed by atoms with Crippen LogP contribution in [0.1, 0.15) is 44.4 Å². The number of sulfonamides is 1. The Morgan fingerprint density at radius 2 is 1.97 bits per heavy atom. The molecule has 0 bridgehead atoms. The smallest absolute Gasteiger partial charge is 0.241 e. The largest absolute Gasteiger partial charge is 0.497 e. The summed E-state index contributed by atoms with van der Waals surface area (Å²) in [6.45, 7) is 5.57. The van der Waals surface area contributed by atoms with Gasteiger partial charge in [-0.1, -0.05) is 25.1 Å². The lowest BCUT2D eigenvalue weighted by Crippen LogP contribution is -2.45. The number of amides is 1. The van der Waals surface area contributed by atoms with Crippen LogP contribution in [0.25, 0.3) is 0 Å². The number of carbonyl (C=O) groups excluding carboxylic acids is 1. The Hall–Kier alpha value is -2.74. The van der Waals surface area contributed by atoms with Gasteiger partial charge in [-0.15, -0.1) is 0 Å². The van der Waals surface area contributed by atoms with Crippen molar-refractivity contribution < 1.29 is 22.7 Å². The number of hydrogen-bond donors (Lipinski definition) is 1. The molecule has 0 saturated heterocycles. The molecule has 0 aliphatic carbocycles. The molecule has 1 aliphatic rings. The van der Waals surface area contributed by atoms with Gasteiger partial charge in [-0.25, -0.2) is 8.42 Å². The van der Waals surface area contributed by atoms with Crippen LogP contribution in [0.5, 0.6) is 11.5 Å². The summed E-state index contributed by atoms with van der Waals surface area (Å²) in [5, 5.41) is 3.01. The summed E-state index contributed by atoms with van der Waals surface area (Å²) in [6.07, 6.45) is 2.32. The second-order valence-electron chi connectivity index (χ2n) is 8.34. The zero-order chi connectivity index (χ0) is 22.8. The van der Waals surface area contributed by atoms with E-state index in [0.717, 1.165) is 21.7 Å². The van der Waals surface area contributed by atoms with Crippen LogP contribution in [0.4, 0.5) is 5.69 Å². The van der Waals surface area contributed by atoms with E-state index in [9.17, 15) is 13.2 Å². The fraction of sp³-hybridized carbons (Fsp3) is 0.435. The highest BCUT2D eigenvalue weighted by atomic mass is 32.2. The van der Waals surface area contributed by atoms with Crippen molar-refractivity contribution in [1.29, 1.82) is 0 Å². The minimum atomic E-state index is -3.65. The van der Waals surface area contributed by atoms with Gasteiger partial charge in [0.15, 0.2) is 0 Å². The molecular formula is C23H30N2O5S. The fourth-order valence-electron chi connectivity index (χ4n) is 3.89. The van der Waals surface area contributed by atoms with E-state index >= 15 is 0 Å². The SMILES string of the molecule is CCc1ccccc1N(CC(=O)N[C@H]1CC(C)(C)Oc2ccc(OC)cc21)S(C)(=O)=O. The molecule has 1 aliphatic heterocycles. The minimum absolute atomic E-state index is 0.299. The zero-order valence-electron chi connectivity index (χ0n) is 18.6. The number of anilines is 1. The van der Waals surface area contributed by atoms with E-state index in [0.29, 0.717) is 30.0 Å². The molecule has 2 aromatic rings. The second kappa shape index (κ2) is 8.78. The molecule has 0 spiro atoms. The van der Waals surface area contributed by atoms with E-state index in [4.69, 9.17) is 9.47 Å². The molecule has 8 heteroatoms. The standard InChI is InChI=1S/C23H30N2O5S/c1-6-16-9-7-8-10-20(16)25(31(5,27)28)15-22(26)24-19-14-23(2,3)30-21-12-11-17(29-4)13-18(19)21/h7-13,19H,6,14-15H2,1-5H3,(H,24,26)/t19-/m0/s1. The number of benzene rings is 2. The molecule has 1 heterocycles. The number of rotatable bonds is 7. The number of nitrogens with zero attached hydrogens (tertiary/aromatic N) is 1. The molecule has 168 valence electrons. The minimum Gasteiger partial charge on any atom is -0.497 e. The average molecular weight is 447 g/mol. The van der Waals surface area contributed by atoms with E-state index in [2.05, 4.69) is 5.32 Å². The van der Waals surface area contributed by atoms with Gasteiger partial charge in [-0.2, -0.15) is 0 Å². The Balaban J connectivity index is 1.88. The van der Waals surface area contributed by atoms with Crippen LogP contribution in [-0.2, 0) is 21.2 Å². The van der Waals surface area contributed by atoms with Gasteiger partial charge in [-0.05, 0) is 50.1 Å². The predicted octanol–water partition coefficient (Wildman–Crippen LogP) is 3.44. The van der Waals surface area contributed by atoms with Crippen molar-refractivity contribution in [2.45, 2.75) is 45.3 Å². The Bertz CT molecular complexity index is 1070. The predicted molar refractivity (Wildman–Crippen MR) is 121 cm³/mol. The van der Waals surface area contributed by atoms with Crippen LogP contribution >= 0.6 is 0 Å². The van der Waals surface area contributed by atoms with Gasteiger partial charge in [0.1, 0.15) is 23.6 Å². The van der Waals surface area contributed by atoms with Crippen LogP contribution in [0.3, 0.4) is 0 Å². The Morgan fingerprint density at radius 3 is 2.61 bits per heavy atom. The number of fused-ring (bicyclic) bond motifs is 1. The van der Waals surface area contributed by atoms with Crippen LogP contribution in [0.2, 0.25) is 0 Å². The maximum Gasteiger partial charge on any atom is 0.241 e. The first-order chi connectivity index (χ1) is 14.5. The molecule has 3 rings (SSSR count). The van der Waals surface area contributed by atoms with Crippen LogP contribution < -0.4 is 19.1 Å². The van der Waals surface area contributed by atoms with Crippen molar-refractivity contribution in [3.05, 3.63) is 53.6 Å². The van der Waals surface area contributed by atoms with Crippen molar-refractivity contribution in [2.24, 2.45) is 0 Å². The monoisotopic (exact) mass is 446 g/mol. The van der Waals surface area contributed by atoms with Gasteiger partial charge in [0.2, 0.25) is 15.9 Å². The van der Waals surface area contributed by atoms with Gasteiger partial charge >= 0.3 is 0 Å². The molecule has 1 atom stereocenters. The number of methoxy groups -OCH3 is 1. The Labute approximate surface area is 184 Å². The summed E-state index contributed by atoms with van der Waals surface area (Å²) in [7, 11) is -2.07. The van der Waals surface area contributed by atoms with Crippen molar-refractivity contribution >= 4 is 21.6 Å². The molecule has 2 aromatic carbocycles. The third-order valence-electron chi connectivity index (χ3n) is 5.34. The number of nitrogens with one attached hydrogen (secondary N) is 1. The van der Waals surface area contributed by atoms with Crippen molar-refractivity contribution in [3.63, 3.8) is 0 Å². The highest BCUT2D eigenvalue weighted by molar-refractivity contribution is 7.92. The lowest BCUT2D eigenvalue weighted by atomic mass is 9.89. The van der Waals surface area contributed by atoms with Gasteiger partial charge in [-0.3, -0.25) is 9.10 Å². The summed E-state index contributed by atoms with van der Waals surface area (Å²) in [4.78, 5) is 13.0. The van der Waals surface area contributed by atoms with Crippen molar-refractivity contribution in [2.75, 3.05) is 24.2 Å². The fourth-order valence-corrected chi connectivity index (χ4v) is 4.78. The van der Waals surface area contributed by atoms with Crippen molar-refractivity contribution in [3.8, 4) is 11.5 Å². The molecular weight excluding hydrogens is 416 g/mol. The number of para-hydroxylation sites is 1. The Morgan fingerprint density at radius 1 is 1.26 bits per heavy atom. The van der Waals surface area contributed by atoms with Gasteiger partial charge in [0.25, 0.3) is 0 Å². The molecule has 0 unspecified atom stereocenters. The number of ether oxygens (including phenoxy) is 2. The van der Waals surface area contributed by atoms with Gasteiger partial charge < -0.3 is 14.8 Å². The molecule has 1 amide bonds. The number of hydrogen-bond acceptors (Lipinski definition) is 5. The van der Waals surface area contributed by atoms with Crippen LogP contribution in [-0.4, -0.2) is 39.8 Å². The number of carbonyl (C=O) groups is 1. The summed E-state index contributed by atoms with van der Waals surface area (Å²) in [5.74, 6) is 0.961. The highest BCUT2D eigenvalue weighted by Crippen LogP contribution is 2.41. The van der Waals surface area contributed by atoms with E-state index in [-0.39, 0.29) is 18.5 Å². The van der Waals surface area contributed by atoms with Gasteiger partial charge in [0, 0.05) is 12.0 Å². The molecule has 0 radical (unpaired) electrons. The van der Waals surface area contributed by atoms with Crippen LogP contribution in [0.15, 0.2) is 42.5 Å². The summed E-state index contributed by atoms with van der Waals surface area (Å²) in [5.41, 5.74) is 1.72.